The number of nitrogens with one attached hydrogen (secondary N) is 3. The van der Waals surface area contributed by atoms with Crippen LogP contribution in [0.1, 0.15) is 18.4 Å². The monoisotopic (exact) mass is 377 g/mol. The molecule has 0 saturated carbocycles. The van der Waals surface area contributed by atoms with E-state index in [1.54, 1.807) is 18.5 Å². The van der Waals surface area contributed by atoms with Gasteiger partial charge in [-0.15, -0.1) is 0 Å². The van der Waals surface area contributed by atoms with Gasteiger partial charge in [-0.25, -0.2) is 4.39 Å². The van der Waals surface area contributed by atoms with Crippen molar-refractivity contribution in [3.8, 4) is 0 Å². The van der Waals surface area contributed by atoms with Crippen LogP contribution in [-0.2, 0) is 6.54 Å². The fourth-order valence-corrected chi connectivity index (χ4v) is 2.83. The van der Waals surface area contributed by atoms with Gasteiger partial charge in [0.1, 0.15) is 5.82 Å². The number of rotatable bonds is 3. The lowest BCUT2D eigenvalue weighted by atomic mass is 10.1. The predicted molar refractivity (Wildman–Crippen MR) is 100 cm³/mol. The highest BCUT2D eigenvalue weighted by atomic mass is 35.5. The van der Waals surface area contributed by atoms with Gasteiger partial charge in [0.25, 0.3) is 0 Å². The maximum absolute atomic E-state index is 14.0. The number of dihydropyridines is 1. The average Bonchev–Trinajstić information content (AvgIpc) is 3.23. The molecule has 4 N–H and O–H groups in total. The normalized spacial score (nSPS) is 16.6. The third-order valence-electron chi connectivity index (χ3n) is 4.08. The quantitative estimate of drug-likeness (QED) is 0.658. The number of nitrogens with zero attached hydrogens (tertiary/aromatic N) is 2. The molecule has 138 valence electrons. The van der Waals surface area contributed by atoms with Gasteiger partial charge in [0, 0.05) is 36.8 Å². The first-order valence-corrected chi connectivity index (χ1v) is 8.88. The van der Waals surface area contributed by atoms with Crippen molar-refractivity contribution in [1.82, 2.24) is 25.9 Å². The Kier molecular flexibility index (Phi) is 6.25. The summed E-state index contributed by atoms with van der Waals surface area (Å²) in [5.41, 5.74) is 1.97. The third-order valence-corrected chi connectivity index (χ3v) is 4.39. The van der Waals surface area contributed by atoms with Crippen LogP contribution >= 0.6 is 11.6 Å². The van der Waals surface area contributed by atoms with Gasteiger partial charge >= 0.3 is 0 Å². The van der Waals surface area contributed by atoms with E-state index in [4.69, 9.17) is 11.6 Å². The molecule has 0 atom stereocenters. The van der Waals surface area contributed by atoms with E-state index in [2.05, 4.69) is 25.9 Å². The fourth-order valence-electron chi connectivity index (χ4n) is 2.66. The largest absolute Gasteiger partial charge is 0.504 e. The van der Waals surface area contributed by atoms with Crippen LogP contribution in [0.25, 0.3) is 11.0 Å². The second-order valence-electron chi connectivity index (χ2n) is 5.99. The first-order valence-electron chi connectivity index (χ1n) is 8.50. The summed E-state index contributed by atoms with van der Waals surface area (Å²) in [7, 11) is 0. The Hall–Kier alpha value is -2.38. The minimum Gasteiger partial charge on any atom is -0.504 e. The van der Waals surface area contributed by atoms with E-state index in [-0.39, 0.29) is 18.1 Å². The Balaban J connectivity index is 0.000000339. The molecule has 0 spiro atoms. The molecule has 3 heterocycles. The van der Waals surface area contributed by atoms with Gasteiger partial charge in [0.2, 0.25) is 0 Å². The van der Waals surface area contributed by atoms with E-state index < -0.39 is 0 Å². The first-order chi connectivity index (χ1) is 12.6. The average molecular weight is 378 g/mol. The van der Waals surface area contributed by atoms with Crippen LogP contribution in [0.2, 0.25) is 0 Å². The lowest BCUT2D eigenvalue weighted by Crippen LogP contribution is -2.24. The van der Waals surface area contributed by atoms with E-state index in [0.29, 0.717) is 33.9 Å². The second-order valence-corrected chi connectivity index (χ2v) is 6.45. The van der Waals surface area contributed by atoms with Crippen LogP contribution in [0.15, 0.2) is 47.2 Å². The molecular weight excluding hydrogens is 357 g/mol. The summed E-state index contributed by atoms with van der Waals surface area (Å²) in [6.45, 7) is 3.07. The van der Waals surface area contributed by atoms with Crippen molar-refractivity contribution in [2.24, 2.45) is 0 Å². The summed E-state index contributed by atoms with van der Waals surface area (Å²) in [6.07, 6.45) is 7.45. The van der Waals surface area contributed by atoms with E-state index in [1.165, 1.54) is 38.2 Å². The Morgan fingerprint density at radius 1 is 1.15 bits per heavy atom. The molecule has 2 aliphatic rings. The van der Waals surface area contributed by atoms with Crippen LogP contribution in [0.5, 0.6) is 0 Å². The molecule has 8 heteroatoms. The minimum atomic E-state index is -0.380. The van der Waals surface area contributed by atoms with Crippen molar-refractivity contribution in [3.05, 3.63) is 58.6 Å². The molecule has 0 amide bonds. The Labute approximate surface area is 156 Å². The first kappa shape index (κ1) is 18.4. The minimum absolute atomic E-state index is 0.0311. The summed E-state index contributed by atoms with van der Waals surface area (Å²) in [4.78, 5) is 8.19. The molecule has 26 heavy (non-hydrogen) atoms. The van der Waals surface area contributed by atoms with Crippen molar-refractivity contribution in [1.29, 1.82) is 0 Å². The molecule has 4 rings (SSSR count). The maximum Gasteiger partial charge on any atom is 0.156 e. The lowest BCUT2D eigenvalue weighted by molar-refractivity contribution is 0.403. The highest BCUT2D eigenvalue weighted by Crippen LogP contribution is 2.19. The van der Waals surface area contributed by atoms with Crippen LogP contribution in [0.4, 0.5) is 4.39 Å². The number of hydrogen-bond donors (Lipinski definition) is 4. The molecule has 0 bridgehead atoms. The topological polar surface area (TPSA) is 82.1 Å². The highest BCUT2D eigenvalue weighted by molar-refractivity contribution is 6.30. The van der Waals surface area contributed by atoms with E-state index in [9.17, 15) is 9.50 Å². The van der Waals surface area contributed by atoms with Crippen LogP contribution < -0.4 is 16.0 Å². The molecule has 1 aromatic heterocycles. The van der Waals surface area contributed by atoms with Gasteiger partial charge in [0.15, 0.2) is 5.76 Å². The Morgan fingerprint density at radius 2 is 1.85 bits per heavy atom. The summed E-state index contributed by atoms with van der Waals surface area (Å²) in [5.74, 6) is -0.411. The van der Waals surface area contributed by atoms with E-state index in [1.807, 2.05) is 0 Å². The molecular formula is C18H21ClFN5O. The summed E-state index contributed by atoms with van der Waals surface area (Å²) in [5, 5.41) is 19.2. The van der Waals surface area contributed by atoms with Crippen molar-refractivity contribution in [2.75, 3.05) is 19.6 Å². The molecule has 1 saturated heterocycles. The van der Waals surface area contributed by atoms with E-state index >= 15 is 0 Å². The van der Waals surface area contributed by atoms with Crippen LogP contribution in [0.3, 0.4) is 0 Å². The van der Waals surface area contributed by atoms with Crippen molar-refractivity contribution in [2.45, 2.75) is 19.4 Å². The molecule has 1 aromatic carbocycles. The highest BCUT2D eigenvalue weighted by Gasteiger charge is 2.14. The third kappa shape index (κ3) is 4.62. The van der Waals surface area contributed by atoms with Gasteiger partial charge in [-0.05, 0) is 32.0 Å². The van der Waals surface area contributed by atoms with E-state index in [0.717, 1.165) is 0 Å². The SMILES string of the molecule is C1CCNC1.OC1=C(Cl)CNC=C1NCc1cc2nccnc2cc1F. The zero-order chi connectivity index (χ0) is 18.4. The Morgan fingerprint density at radius 3 is 2.50 bits per heavy atom. The second kappa shape index (κ2) is 8.82. The van der Waals surface area contributed by atoms with Gasteiger partial charge in [-0.2, -0.15) is 0 Å². The summed E-state index contributed by atoms with van der Waals surface area (Å²) in [6, 6.07) is 2.97. The number of aliphatic hydroxyl groups excluding tert-OH is 1. The number of fused-ring (bicyclic) bond motifs is 1. The van der Waals surface area contributed by atoms with Crippen molar-refractivity contribution < 1.29 is 9.50 Å². The van der Waals surface area contributed by atoms with Gasteiger partial charge in [-0.1, -0.05) is 11.6 Å². The number of hydrogen-bond acceptors (Lipinski definition) is 6. The van der Waals surface area contributed by atoms with Crippen molar-refractivity contribution in [3.63, 3.8) is 0 Å². The summed E-state index contributed by atoms with van der Waals surface area (Å²) < 4.78 is 14.0. The van der Waals surface area contributed by atoms with Crippen LogP contribution in [0, 0.1) is 5.82 Å². The predicted octanol–water partition coefficient (Wildman–Crippen LogP) is 2.68. The standard InChI is InChI=1S/C14H12ClFN4O.C4H9N/c15-9-6-17-7-13(14(9)21)20-5-8-3-11-12(4-10(8)16)19-2-1-18-11;1-2-4-5-3-1/h1-4,7,17,20-21H,5-6H2;5H,1-4H2. The lowest BCUT2D eigenvalue weighted by Gasteiger charge is -2.17. The molecule has 1 fully saturated rings. The smallest absolute Gasteiger partial charge is 0.156 e. The molecule has 0 aliphatic carbocycles. The fraction of sp³-hybridized carbons (Fsp3) is 0.333. The molecule has 6 nitrogen and oxygen atoms in total. The van der Waals surface area contributed by atoms with Gasteiger partial charge in [0.05, 0.1) is 28.3 Å². The summed E-state index contributed by atoms with van der Waals surface area (Å²) >= 11 is 5.85. The van der Waals surface area contributed by atoms with Gasteiger partial charge < -0.3 is 21.1 Å². The molecule has 2 aliphatic heterocycles. The number of benzene rings is 1. The molecule has 2 aromatic rings. The molecule has 0 radical (unpaired) electrons. The zero-order valence-corrected chi connectivity index (χ0v) is 15.0. The van der Waals surface area contributed by atoms with Crippen LogP contribution in [-0.4, -0.2) is 34.7 Å². The van der Waals surface area contributed by atoms with Crippen molar-refractivity contribution >= 4 is 22.6 Å². The maximum atomic E-state index is 14.0. The molecule has 0 unspecified atom stereocenters. The van der Waals surface area contributed by atoms with Gasteiger partial charge in [-0.3, -0.25) is 9.97 Å². The number of aliphatic hydroxyl groups is 1. The Bertz CT molecular complexity index is 828. The number of halogens is 2. The number of aromatic nitrogens is 2. The zero-order valence-electron chi connectivity index (χ0n) is 14.2.